The van der Waals surface area contributed by atoms with Gasteiger partial charge in [-0.25, -0.2) is 8.42 Å². The first-order valence-corrected chi connectivity index (χ1v) is 11.8. The number of hydrogen-bond acceptors (Lipinski definition) is 6. The lowest BCUT2D eigenvalue weighted by molar-refractivity contribution is -0.115. The Morgan fingerprint density at radius 3 is 2.48 bits per heavy atom. The maximum absolute atomic E-state index is 12.2. The molecule has 3 aromatic rings. The van der Waals surface area contributed by atoms with Gasteiger partial charge in [0, 0.05) is 28.3 Å². The van der Waals surface area contributed by atoms with Crippen LogP contribution in [-0.4, -0.2) is 36.0 Å². The van der Waals surface area contributed by atoms with Crippen LogP contribution in [0.3, 0.4) is 0 Å². The summed E-state index contributed by atoms with van der Waals surface area (Å²) < 4.78 is 23.7. The van der Waals surface area contributed by atoms with E-state index in [1.165, 1.54) is 6.07 Å². The standard InChI is InChI=1S/C21H21N3O3S2/c1-2-29(26,27)21-12-11-19(23-24-21)16-7-6-8-17(15-16)22-20(25)13-14-28-18-9-4-3-5-10-18/h3-12,15H,2,13-14H2,1H3,(H,22,25). The first-order valence-electron chi connectivity index (χ1n) is 9.12. The minimum Gasteiger partial charge on any atom is -0.326 e. The van der Waals surface area contributed by atoms with Crippen LogP contribution in [0.15, 0.2) is 76.7 Å². The maximum Gasteiger partial charge on any atom is 0.225 e. The maximum atomic E-state index is 12.2. The van der Waals surface area contributed by atoms with Gasteiger partial charge in [-0.1, -0.05) is 37.3 Å². The van der Waals surface area contributed by atoms with Gasteiger partial charge in [0.2, 0.25) is 5.91 Å². The zero-order valence-electron chi connectivity index (χ0n) is 15.9. The Morgan fingerprint density at radius 1 is 1.00 bits per heavy atom. The molecule has 8 heteroatoms. The van der Waals surface area contributed by atoms with Crippen LogP contribution < -0.4 is 5.32 Å². The molecule has 29 heavy (non-hydrogen) atoms. The van der Waals surface area contributed by atoms with Crippen molar-refractivity contribution in [2.75, 3.05) is 16.8 Å². The number of sulfone groups is 1. The Morgan fingerprint density at radius 2 is 1.79 bits per heavy atom. The third-order valence-electron chi connectivity index (χ3n) is 4.12. The van der Waals surface area contributed by atoms with Crippen LogP contribution in [0.5, 0.6) is 0 Å². The molecular formula is C21H21N3O3S2. The Labute approximate surface area is 174 Å². The molecule has 6 nitrogen and oxygen atoms in total. The largest absolute Gasteiger partial charge is 0.326 e. The van der Waals surface area contributed by atoms with Crippen LogP contribution in [0, 0.1) is 0 Å². The van der Waals surface area contributed by atoms with Crippen molar-refractivity contribution in [2.45, 2.75) is 23.3 Å². The molecule has 2 aromatic carbocycles. The Balaban J connectivity index is 1.61. The molecule has 0 bridgehead atoms. The van der Waals surface area contributed by atoms with E-state index in [2.05, 4.69) is 15.5 Å². The molecule has 1 amide bonds. The van der Waals surface area contributed by atoms with Crippen molar-refractivity contribution in [1.82, 2.24) is 10.2 Å². The van der Waals surface area contributed by atoms with E-state index in [1.54, 1.807) is 36.9 Å². The number of amides is 1. The van der Waals surface area contributed by atoms with Crippen molar-refractivity contribution in [3.8, 4) is 11.3 Å². The third kappa shape index (κ3) is 5.88. The van der Waals surface area contributed by atoms with E-state index in [4.69, 9.17) is 0 Å². The number of carbonyl (C=O) groups excluding carboxylic acids is 1. The van der Waals surface area contributed by atoms with Gasteiger partial charge >= 0.3 is 0 Å². The van der Waals surface area contributed by atoms with Crippen molar-refractivity contribution >= 4 is 33.2 Å². The topological polar surface area (TPSA) is 89.0 Å². The van der Waals surface area contributed by atoms with Gasteiger partial charge in [-0.2, -0.15) is 0 Å². The fourth-order valence-corrected chi connectivity index (χ4v) is 4.15. The molecule has 1 heterocycles. The number of benzene rings is 2. The summed E-state index contributed by atoms with van der Waals surface area (Å²) in [5, 5.41) is 10.7. The number of nitrogens with one attached hydrogen (secondary N) is 1. The summed E-state index contributed by atoms with van der Waals surface area (Å²) in [6.45, 7) is 1.56. The van der Waals surface area contributed by atoms with E-state index in [0.29, 0.717) is 23.6 Å². The number of aromatic nitrogens is 2. The van der Waals surface area contributed by atoms with Crippen LogP contribution in [0.25, 0.3) is 11.3 Å². The fourth-order valence-electron chi connectivity index (χ4n) is 2.55. The zero-order valence-corrected chi connectivity index (χ0v) is 17.5. The lowest BCUT2D eigenvalue weighted by Crippen LogP contribution is -2.12. The minimum absolute atomic E-state index is 0.0227. The molecule has 0 saturated carbocycles. The van der Waals surface area contributed by atoms with Gasteiger partial charge in [0.05, 0.1) is 11.4 Å². The van der Waals surface area contributed by atoms with Crippen molar-refractivity contribution in [2.24, 2.45) is 0 Å². The molecule has 0 aliphatic heterocycles. The van der Waals surface area contributed by atoms with E-state index in [1.807, 2.05) is 42.5 Å². The summed E-state index contributed by atoms with van der Waals surface area (Å²) in [7, 11) is -3.38. The smallest absolute Gasteiger partial charge is 0.225 e. The van der Waals surface area contributed by atoms with Gasteiger partial charge < -0.3 is 5.32 Å². The third-order valence-corrected chi connectivity index (χ3v) is 6.75. The highest BCUT2D eigenvalue weighted by atomic mass is 32.2. The monoisotopic (exact) mass is 427 g/mol. The molecule has 0 saturated heterocycles. The van der Waals surface area contributed by atoms with Gasteiger partial charge in [0.1, 0.15) is 0 Å². The van der Waals surface area contributed by atoms with Crippen molar-refractivity contribution in [3.63, 3.8) is 0 Å². The van der Waals surface area contributed by atoms with Crippen molar-refractivity contribution in [1.29, 1.82) is 0 Å². The number of anilines is 1. The molecule has 1 N–H and O–H groups in total. The predicted molar refractivity (Wildman–Crippen MR) is 116 cm³/mol. The summed E-state index contributed by atoms with van der Waals surface area (Å²) in [6.07, 6.45) is 0.396. The molecule has 0 spiro atoms. The summed E-state index contributed by atoms with van der Waals surface area (Å²) in [4.78, 5) is 13.4. The van der Waals surface area contributed by atoms with Crippen molar-refractivity contribution in [3.05, 3.63) is 66.7 Å². The van der Waals surface area contributed by atoms with Gasteiger partial charge in [-0.3, -0.25) is 4.79 Å². The fraction of sp³-hybridized carbons (Fsp3) is 0.190. The highest BCUT2D eigenvalue weighted by molar-refractivity contribution is 7.99. The quantitative estimate of drug-likeness (QED) is 0.546. The summed E-state index contributed by atoms with van der Waals surface area (Å²) in [5.41, 5.74) is 1.94. The molecule has 0 radical (unpaired) electrons. The van der Waals surface area contributed by atoms with Gasteiger partial charge in [-0.05, 0) is 36.4 Å². The van der Waals surface area contributed by atoms with Crippen LogP contribution in [0.2, 0.25) is 0 Å². The van der Waals surface area contributed by atoms with Gasteiger partial charge in [0.25, 0.3) is 0 Å². The van der Waals surface area contributed by atoms with E-state index in [9.17, 15) is 13.2 Å². The van der Waals surface area contributed by atoms with Crippen LogP contribution in [0.1, 0.15) is 13.3 Å². The van der Waals surface area contributed by atoms with E-state index in [-0.39, 0.29) is 16.7 Å². The number of thioether (sulfide) groups is 1. The van der Waals surface area contributed by atoms with E-state index >= 15 is 0 Å². The van der Waals surface area contributed by atoms with Crippen LogP contribution >= 0.6 is 11.8 Å². The van der Waals surface area contributed by atoms with Gasteiger partial charge in [-0.15, -0.1) is 22.0 Å². The molecule has 0 aliphatic rings. The molecule has 150 valence electrons. The number of hydrogen-bond donors (Lipinski definition) is 1. The molecule has 0 fully saturated rings. The molecule has 0 aliphatic carbocycles. The minimum atomic E-state index is -3.38. The molecular weight excluding hydrogens is 406 g/mol. The number of carbonyl (C=O) groups is 1. The second-order valence-corrected chi connectivity index (χ2v) is 9.59. The molecule has 0 unspecified atom stereocenters. The lowest BCUT2D eigenvalue weighted by atomic mass is 10.1. The Hall–Kier alpha value is -2.71. The van der Waals surface area contributed by atoms with Gasteiger partial charge in [0.15, 0.2) is 14.9 Å². The number of nitrogens with zero attached hydrogens (tertiary/aromatic N) is 2. The predicted octanol–water partition coefficient (Wildman–Crippen LogP) is 4.06. The SMILES string of the molecule is CCS(=O)(=O)c1ccc(-c2cccc(NC(=O)CCSc3ccccc3)c2)nn1. The lowest BCUT2D eigenvalue weighted by Gasteiger charge is -2.08. The summed E-state index contributed by atoms with van der Waals surface area (Å²) in [6, 6.07) is 20.2. The average molecular weight is 428 g/mol. The second-order valence-electron chi connectivity index (χ2n) is 6.20. The molecule has 0 atom stereocenters. The first-order chi connectivity index (χ1) is 14.0. The Kier molecular flexibility index (Phi) is 7.00. The van der Waals surface area contributed by atoms with E-state index < -0.39 is 9.84 Å². The highest BCUT2D eigenvalue weighted by Crippen LogP contribution is 2.22. The summed E-state index contributed by atoms with van der Waals surface area (Å²) >= 11 is 1.64. The Bertz CT molecular complexity index is 1070. The normalized spacial score (nSPS) is 11.2. The second kappa shape index (κ2) is 9.67. The van der Waals surface area contributed by atoms with E-state index in [0.717, 1.165) is 10.5 Å². The number of rotatable bonds is 8. The van der Waals surface area contributed by atoms with Crippen LogP contribution in [0.4, 0.5) is 5.69 Å². The van der Waals surface area contributed by atoms with Crippen molar-refractivity contribution < 1.29 is 13.2 Å². The average Bonchev–Trinajstić information content (AvgIpc) is 2.75. The van der Waals surface area contributed by atoms with Crippen LogP contribution in [-0.2, 0) is 14.6 Å². The molecule has 1 aromatic heterocycles. The highest BCUT2D eigenvalue weighted by Gasteiger charge is 2.14. The molecule has 3 rings (SSSR count). The zero-order chi connectivity index (χ0) is 20.7. The first kappa shape index (κ1) is 21.0. The summed E-state index contributed by atoms with van der Waals surface area (Å²) in [5.74, 6) is 0.598.